The van der Waals surface area contributed by atoms with Gasteiger partial charge >= 0.3 is 5.97 Å². The molecule has 0 atom stereocenters. The number of carbonyl (C=O) groups is 2. The van der Waals surface area contributed by atoms with Crippen molar-refractivity contribution in [3.63, 3.8) is 0 Å². The lowest BCUT2D eigenvalue weighted by Crippen LogP contribution is -2.28. The Bertz CT molecular complexity index is 292. The number of hydrogen-bond acceptors (Lipinski definition) is 4. The van der Waals surface area contributed by atoms with Crippen molar-refractivity contribution in [3.8, 4) is 0 Å². The first-order valence-corrected chi connectivity index (χ1v) is 4.70. The highest BCUT2D eigenvalue weighted by atomic mass is 35.5. The van der Waals surface area contributed by atoms with E-state index in [-0.39, 0.29) is 5.17 Å². The summed E-state index contributed by atoms with van der Waals surface area (Å²) in [6.45, 7) is 5.02. The minimum absolute atomic E-state index is 0.377. The maximum Gasteiger partial charge on any atom is 0.340 e. The summed E-state index contributed by atoms with van der Waals surface area (Å²) in [6.07, 6.45) is 0. The number of rotatable bonds is 2. The van der Waals surface area contributed by atoms with Gasteiger partial charge in [0.05, 0.1) is 5.41 Å². The molecule has 5 nitrogen and oxygen atoms in total. The van der Waals surface area contributed by atoms with Gasteiger partial charge in [0, 0.05) is 14.1 Å². The maximum absolute atomic E-state index is 11.2. The topological polar surface area (TPSA) is 59.0 Å². The van der Waals surface area contributed by atoms with Crippen LogP contribution < -0.4 is 0 Å². The Kier molecular flexibility index (Phi) is 4.74. The lowest BCUT2D eigenvalue weighted by molar-refractivity contribution is -0.152. The molecule has 0 unspecified atom stereocenters. The second-order valence-corrected chi connectivity index (χ2v) is 4.57. The standard InChI is InChI=1S/C9H15ClN2O3/c1-9(2,3)8(14)15-11-6(10)7(13)12(4)5/h1-5H3/b11-6-. The van der Waals surface area contributed by atoms with Gasteiger partial charge in [-0.25, -0.2) is 4.79 Å². The van der Waals surface area contributed by atoms with Gasteiger partial charge in [0.1, 0.15) is 0 Å². The first kappa shape index (κ1) is 13.9. The fourth-order valence-electron chi connectivity index (χ4n) is 0.442. The van der Waals surface area contributed by atoms with Crippen molar-refractivity contribution in [2.75, 3.05) is 14.1 Å². The highest BCUT2D eigenvalue weighted by Crippen LogP contribution is 2.15. The monoisotopic (exact) mass is 234 g/mol. The molecule has 0 aromatic heterocycles. The highest BCUT2D eigenvalue weighted by molar-refractivity contribution is 6.82. The molecule has 0 heterocycles. The average Bonchev–Trinajstić information content (AvgIpc) is 2.10. The van der Waals surface area contributed by atoms with Gasteiger partial charge in [-0.05, 0) is 20.8 Å². The Hall–Kier alpha value is -1.10. The summed E-state index contributed by atoms with van der Waals surface area (Å²) in [4.78, 5) is 28.2. The summed E-state index contributed by atoms with van der Waals surface area (Å²) in [5, 5.41) is 2.88. The van der Waals surface area contributed by atoms with Gasteiger partial charge in [-0.15, -0.1) is 0 Å². The highest BCUT2D eigenvalue weighted by Gasteiger charge is 2.24. The molecule has 0 saturated heterocycles. The van der Waals surface area contributed by atoms with Gasteiger partial charge in [-0.2, -0.15) is 0 Å². The van der Waals surface area contributed by atoms with Crippen molar-refractivity contribution >= 4 is 28.6 Å². The fraction of sp³-hybridized carbons (Fsp3) is 0.667. The average molecular weight is 235 g/mol. The summed E-state index contributed by atoms with van der Waals surface area (Å²) >= 11 is 5.50. The fourth-order valence-corrected chi connectivity index (χ4v) is 0.646. The van der Waals surface area contributed by atoms with Crippen LogP contribution in [0.1, 0.15) is 20.8 Å². The van der Waals surface area contributed by atoms with Crippen LogP contribution in [0.15, 0.2) is 5.16 Å². The summed E-state index contributed by atoms with van der Waals surface area (Å²) in [6, 6.07) is 0. The quantitative estimate of drug-likeness (QED) is 0.410. The molecule has 0 rings (SSSR count). The molecule has 6 heteroatoms. The molecular weight excluding hydrogens is 220 g/mol. The van der Waals surface area contributed by atoms with Gasteiger partial charge in [-0.1, -0.05) is 16.8 Å². The molecule has 0 aliphatic rings. The molecular formula is C9H15ClN2O3. The molecule has 15 heavy (non-hydrogen) atoms. The minimum Gasteiger partial charge on any atom is -0.343 e. The molecule has 0 saturated carbocycles. The minimum atomic E-state index is -0.679. The van der Waals surface area contributed by atoms with E-state index in [9.17, 15) is 9.59 Å². The van der Waals surface area contributed by atoms with E-state index in [4.69, 9.17) is 11.6 Å². The van der Waals surface area contributed by atoms with Crippen LogP contribution in [0.4, 0.5) is 0 Å². The SMILES string of the molecule is CN(C)C(=O)/C(Cl)=N/OC(=O)C(C)(C)C. The van der Waals surface area contributed by atoms with E-state index in [0.29, 0.717) is 0 Å². The van der Waals surface area contributed by atoms with Crippen LogP contribution >= 0.6 is 11.6 Å². The molecule has 0 fully saturated rings. The summed E-state index contributed by atoms with van der Waals surface area (Å²) in [5.74, 6) is -1.06. The van der Waals surface area contributed by atoms with Crippen LogP contribution in [0.2, 0.25) is 0 Å². The zero-order valence-electron chi connectivity index (χ0n) is 9.50. The molecule has 0 bridgehead atoms. The van der Waals surface area contributed by atoms with E-state index in [1.807, 2.05) is 0 Å². The van der Waals surface area contributed by atoms with Crippen molar-refractivity contribution in [2.24, 2.45) is 10.6 Å². The second-order valence-electron chi connectivity index (χ2n) is 4.21. The Morgan fingerprint density at radius 2 is 1.73 bits per heavy atom. The van der Waals surface area contributed by atoms with Crippen molar-refractivity contribution < 1.29 is 14.4 Å². The molecule has 0 aromatic carbocycles. The Morgan fingerprint density at radius 1 is 1.27 bits per heavy atom. The third-order valence-corrected chi connectivity index (χ3v) is 1.63. The Morgan fingerprint density at radius 3 is 2.07 bits per heavy atom. The molecule has 0 aromatic rings. The van der Waals surface area contributed by atoms with Gasteiger partial charge in [0.25, 0.3) is 5.91 Å². The molecule has 0 aliphatic carbocycles. The van der Waals surface area contributed by atoms with Crippen molar-refractivity contribution in [3.05, 3.63) is 0 Å². The van der Waals surface area contributed by atoms with Crippen molar-refractivity contribution in [2.45, 2.75) is 20.8 Å². The number of nitrogens with zero attached hydrogens (tertiary/aromatic N) is 2. The number of hydrogen-bond donors (Lipinski definition) is 0. The Balaban J connectivity index is 4.43. The van der Waals surface area contributed by atoms with E-state index in [1.165, 1.54) is 19.0 Å². The predicted molar refractivity (Wildman–Crippen MR) is 57.5 cm³/mol. The van der Waals surface area contributed by atoms with E-state index >= 15 is 0 Å². The van der Waals surface area contributed by atoms with Gasteiger partial charge < -0.3 is 9.74 Å². The van der Waals surface area contributed by atoms with Crippen LogP contribution in [0, 0.1) is 5.41 Å². The number of halogens is 1. The first-order chi connectivity index (χ1) is 6.66. The van der Waals surface area contributed by atoms with Crippen molar-refractivity contribution in [1.82, 2.24) is 4.90 Å². The van der Waals surface area contributed by atoms with E-state index in [1.54, 1.807) is 20.8 Å². The zero-order chi connectivity index (χ0) is 12.2. The lowest BCUT2D eigenvalue weighted by atomic mass is 9.98. The molecule has 0 aliphatic heterocycles. The van der Waals surface area contributed by atoms with E-state index in [0.717, 1.165) is 0 Å². The molecule has 0 radical (unpaired) electrons. The zero-order valence-corrected chi connectivity index (χ0v) is 10.3. The van der Waals surface area contributed by atoms with Gasteiger partial charge in [0.15, 0.2) is 0 Å². The van der Waals surface area contributed by atoms with Crippen LogP contribution in [0.3, 0.4) is 0 Å². The molecule has 0 spiro atoms. The van der Waals surface area contributed by atoms with Crippen LogP contribution in [-0.4, -0.2) is 36.0 Å². The molecule has 86 valence electrons. The summed E-state index contributed by atoms with van der Waals surface area (Å²) in [7, 11) is 3.04. The van der Waals surface area contributed by atoms with Gasteiger partial charge in [-0.3, -0.25) is 4.79 Å². The number of carbonyl (C=O) groups excluding carboxylic acids is 2. The van der Waals surface area contributed by atoms with Crippen molar-refractivity contribution in [1.29, 1.82) is 0 Å². The van der Waals surface area contributed by atoms with Crippen LogP contribution in [-0.2, 0) is 14.4 Å². The van der Waals surface area contributed by atoms with E-state index in [2.05, 4.69) is 9.99 Å². The maximum atomic E-state index is 11.2. The molecule has 1 amide bonds. The third kappa shape index (κ3) is 4.78. The largest absolute Gasteiger partial charge is 0.343 e. The number of amides is 1. The first-order valence-electron chi connectivity index (χ1n) is 4.33. The predicted octanol–water partition coefficient (Wildman–Crippen LogP) is 1.22. The second kappa shape index (κ2) is 5.11. The normalized spacial score (nSPS) is 12.3. The van der Waals surface area contributed by atoms with Crippen LogP contribution in [0.25, 0.3) is 0 Å². The summed E-state index contributed by atoms with van der Waals surface area (Å²) < 4.78 is 0. The van der Waals surface area contributed by atoms with Gasteiger partial charge in [0.2, 0.25) is 5.17 Å². The van der Waals surface area contributed by atoms with E-state index < -0.39 is 17.3 Å². The summed E-state index contributed by atoms with van der Waals surface area (Å²) in [5.41, 5.74) is -0.679. The Labute approximate surface area is 94.0 Å². The van der Waals surface area contributed by atoms with Crippen LogP contribution in [0.5, 0.6) is 0 Å². The third-order valence-electron chi connectivity index (χ3n) is 1.40. The smallest absolute Gasteiger partial charge is 0.340 e. The number of oxime groups is 1. The molecule has 0 N–H and O–H groups in total. The lowest BCUT2D eigenvalue weighted by Gasteiger charge is -2.13.